The highest BCUT2D eigenvalue weighted by Gasteiger charge is 2.13. The Balaban J connectivity index is 2.02. The Morgan fingerprint density at radius 3 is 2.94 bits per heavy atom. The van der Waals surface area contributed by atoms with Gasteiger partial charge in [-0.05, 0) is 6.92 Å². The van der Waals surface area contributed by atoms with E-state index in [-0.39, 0.29) is 0 Å². The van der Waals surface area contributed by atoms with E-state index >= 15 is 0 Å². The van der Waals surface area contributed by atoms with Crippen molar-refractivity contribution in [3.63, 3.8) is 0 Å². The molecule has 0 bridgehead atoms. The van der Waals surface area contributed by atoms with Gasteiger partial charge in [-0.2, -0.15) is 0 Å². The second-order valence-electron chi connectivity index (χ2n) is 3.98. The molecule has 0 aromatic carbocycles. The molecule has 5 heteroatoms. The van der Waals surface area contributed by atoms with E-state index in [2.05, 4.69) is 27.9 Å². The lowest BCUT2D eigenvalue weighted by Crippen LogP contribution is -2.36. The van der Waals surface area contributed by atoms with E-state index in [0.29, 0.717) is 0 Å². The molecule has 2 aromatic rings. The maximum Gasteiger partial charge on any atom is 0.159 e. The van der Waals surface area contributed by atoms with Crippen LogP contribution in [-0.2, 0) is 4.74 Å². The molecule has 2 aromatic heterocycles. The molecule has 0 radical (unpaired) electrons. The zero-order valence-corrected chi connectivity index (χ0v) is 9.26. The van der Waals surface area contributed by atoms with Crippen molar-refractivity contribution in [3.05, 3.63) is 24.3 Å². The van der Waals surface area contributed by atoms with E-state index in [1.807, 2.05) is 4.40 Å². The predicted octanol–water partition coefficient (Wildman–Crippen LogP) is 0.874. The van der Waals surface area contributed by atoms with Crippen LogP contribution in [0, 0.1) is 6.92 Å². The van der Waals surface area contributed by atoms with Crippen molar-refractivity contribution in [1.82, 2.24) is 14.4 Å². The molecule has 0 amide bonds. The van der Waals surface area contributed by atoms with Crippen molar-refractivity contribution < 1.29 is 4.74 Å². The maximum atomic E-state index is 5.34. The molecule has 3 heterocycles. The molecule has 3 rings (SSSR count). The van der Waals surface area contributed by atoms with Gasteiger partial charge in [0.2, 0.25) is 0 Å². The molecule has 0 saturated carbocycles. The summed E-state index contributed by atoms with van der Waals surface area (Å²) < 4.78 is 7.33. The van der Waals surface area contributed by atoms with Gasteiger partial charge in [0, 0.05) is 24.8 Å². The van der Waals surface area contributed by atoms with Crippen molar-refractivity contribution in [3.8, 4) is 0 Å². The topological polar surface area (TPSA) is 42.7 Å². The lowest BCUT2D eigenvalue weighted by molar-refractivity contribution is 0.122. The fraction of sp³-hybridized carbons (Fsp3) is 0.455. The Morgan fingerprint density at radius 2 is 2.12 bits per heavy atom. The average molecular weight is 218 g/mol. The van der Waals surface area contributed by atoms with E-state index in [0.717, 1.165) is 43.5 Å². The molecule has 1 aliphatic rings. The normalized spacial score (nSPS) is 16.9. The second-order valence-corrected chi connectivity index (χ2v) is 3.98. The number of imidazole rings is 1. The molecular formula is C11H14N4O. The third-order valence-corrected chi connectivity index (χ3v) is 2.90. The number of hydrogen-bond donors (Lipinski definition) is 0. The first-order chi connectivity index (χ1) is 7.84. The first kappa shape index (κ1) is 9.59. The first-order valence-corrected chi connectivity index (χ1v) is 5.47. The van der Waals surface area contributed by atoms with Gasteiger partial charge >= 0.3 is 0 Å². The van der Waals surface area contributed by atoms with Gasteiger partial charge in [0.15, 0.2) is 5.65 Å². The molecule has 1 saturated heterocycles. The SMILES string of the molecule is Cc1cc(N2CCOCC2)nc2cncn12. The number of hydrogen-bond acceptors (Lipinski definition) is 4. The molecule has 16 heavy (non-hydrogen) atoms. The smallest absolute Gasteiger partial charge is 0.159 e. The van der Waals surface area contributed by atoms with Crippen molar-refractivity contribution in [2.45, 2.75) is 6.92 Å². The van der Waals surface area contributed by atoms with Crippen LogP contribution in [0.5, 0.6) is 0 Å². The molecule has 1 aliphatic heterocycles. The highest BCUT2D eigenvalue weighted by Crippen LogP contribution is 2.16. The molecular weight excluding hydrogens is 204 g/mol. The van der Waals surface area contributed by atoms with Gasteiger partial charge in [0.25, 0.3) is 0 Å². The summed E-state index contributed by atoms with van der Waals surface area (Å²) in [5.74, 6) is 1.02. The molecule has 0 unspecified atom stereocenters. The zero-order chi connectivity index (χ0) is 11.0. The molecule has 1 fully saturated rings. The number of aryl methyl sites for hydroxylation is 1. The minimum atomic E-state index is 0.783. The van der Waals surface area contributed by atoms with Crippen molar-refractivity contribution in [2.24, 2.45) is 0 Å². The summed E-state index contributed by atoms with van der Waals surface area (Å²) in [5, 5.41) is 0. The molecule has 84 valence electrons. The predicted molar refractivity (Wildman–Crippen MR) is 60.8 cm³/mol. The zero-order valence-electron chi connectivity index (χ0n) is 9.26. The van der Waals surface area contributed by atoms with Crippen LogP contribution in [0.2, 0.25) is 0 Å². The third-order valence-electron chi connectivity index (χ3n) is 2.90. The molecule has 0 spiro atoms. The summed E-state index contributed by atoms with van der Waals surface area (Å²) >= 11 is 0. The number of anilines is 1. The van der Waals surface area contributed by atoms with Gasteiger partial charge in [-0.3, -0.25) is 4.40 Å². The number of morpholine rings is 1. The van der Waals surface area contributed by atoms with E-state index in [1.165, 1.54) is 0 Å². The number of rotatable bonds is 1. The van der Waals surface area contributed by atoms with E-state index < -0.39 is 0 Å². The lowest BCUT2D eigenvalue weighted by Gasteiger charge is -2.28. The standard InChI is InChI=1S/C11H14N4O/c1-9-6-10(14-2-4-16-5-3-14)13-11-7-12-8-15(9)11/h6-8H,2-5H2,1H3. The fourth-order valence-corrected chi connectivity index (χ4v) is 2.00. The molecule has 0 aliphatic carbocycles. The fourth-order valence-electron chi connectivity index (χ4n) is 2.00. The highest BCUT2D eigenvalue weighted by atomic mass is 16.5. The van der Waals surface area contributed by atoms with Crippen molar-refractivity contribution in [1.29, 1.82) is 0 Å². The van der Waals surface area contributed by atoms with E-state index in [4.69, 9.17) is 4.74 Å². The van der Waals surface area contributed by atoms with Crippen LogP contribution >= 0.6 is 0 Å². The van der Waals surface area contributed by atoms with Crippen LogP contribution in [0.15, 0.2) is 18.6 Å². The minimum absolute atomic E-state index is 0.783. The average Bonchev–Trinajstić information content (AvgIpc) is 2.79. The summed E-state index contributed by atoms with van der Waals surface area (Å²) in [6.07, 6.45) is 3.58. The summed E-state index contributed by atoms with van der Waals surface area (Å²) in [4.78, 5) is 10.9. The van der Waals surface area contributed by atoms with Crippen LogP contribution in [-0.4, -0.2) is 40.7 Å². The Morgan fingerprint density at radius 1 is 1.31 bits per heavy atom. The van der Waals surface area contributed by atoms with Crippen molar-refractivity contribution >= 4 is 11.5 Å². The summed E-state index contributed by atoms with van der Waals surface area (Å²) in [5.41, 5.74) is 2.06. The summed E-state index contributed by atoms with van der Waals surface area (Å²) in [6, 6.07) is 2.10. The Bertz CT molecular complexity index is 502. The lowest BCUT2D eigenvalue weighted by atomic mass is 10.3. The largest absolute Gasteiger partial charge is 0.378 e. The minimum Gasteiger partial charge on any atom is -0.378 e. The third kappa shape index (κ3) is 1.53. The second kappa shape index (κ2) is 3.75. The van der Waals surface area contributed by atoms with Crippen LogP contribution in [0.3, 0.4) is 0 Å². The van der Waals surface area contributed by atoms with E-state index in [1.54, 1.807) is 12.5 Å². The Kier molecular flexibility index (Phi) is 2.25. The quantitative estimate of drug-likeness (QED) is 0.712. The highest BCUT2D eigenvalue weighted by molar-refractivity contribution is 5.49. The van der Waals surface area contributed by atoms with Gasteiger partial charge < -0.3 is 9.64 Å². The molecule has 0 atom stereocenters. The van der Waals surface area contributed by atoms with Gasteiger partial charge in [0.05, 0.1) is 19.4 Å². The maximum absolute atomic E-state index is 5.34. The van der Waals surface area contributed by atoms with Gasteiger partial charge in [-0.25, -0.2) is 9.97 Å². The summed E-state index contributed by atoms with van der Waals surface area (Å²) in [6.45, 7) is 5.46. The van der Waals surface area contributed by atoms with Gasteiger partial charge in [0.1, 0.15) is 12.1 Å². The van der Waals surface area contributed by atoms with Gasteiger partial charge in [-0.1, -0.05) is 0 Å². The molecule has 5 nitrogen and oxygen atoms in total. The van der Waals surface area contributed by atoms with E-state index in [9.17, 15) is 0 Å². The number of aromatic nitrogens is 3. The summed E-state index contributed by atoms with van der Waals surface area (Å²) in [7, 11) is 0. The van der Waals surface area contributed by atoms with Crippen LogP contribution in [0.25, 0.3) is 5.65 Å². The first-order valence-electron chi connectivity index (χ1n) is 5.47. The Hall–Kier alpha value is -1.62. The van der Waals surface area contributed by atoms with Gasteiger partial charge in [-0.15, -0.1) is 0 Å². The monoisotopic (exact) mass is 218 g/mol. The number of fused-ring (bicyclic) bond motifs is 1. The van der Waals surface area contributed by atoms with Crippen LogP contribution < -0.4 is 4.90 Å². The van der Waals surface area contributed by atoms with Crippen LogP contribution in [0.4, 0.5) is 5.82 Å². The number of ether oxygens (including phenoxy) is 1. The molecule has 0 N–H and O–H groups in total. The number of nitrogens with zero attached hydrogens (tertiary/aromatic N) is 4. The Labute approximate surface area is 93.7 Å². The van der Waals surface area contributed by atoms with Crippen LogP contribution in [0.1, 0.15) is 5.69 Å². The van der Waals surface area contributed by atoms with Crippen molar-refractivity contribution in [2.75, 3.05) is 31.2 Å².